The van der Waals surface area contributed by atoms with Crippen LogP contribution >= 0.6 is 25.3 Å². The molecule has 0 aromatic heterocycles. The number of carbonyl (C=O) groups excluding carboxylic acids is 5. The molecule has 1 aliphatic rings. The summed E-state index contributed by atoms with van der Waals surface area (Å²) in [7, 11) is 0. The lowest BCUT2D eigenvalue weighted by atomic mass is 9.92. The van der Waals surface area contributed by atoms with E-state index in [0.717, 1.165) is 0 Å². The Balaban J connectivity index is 3.43. The highest BCUT2D eigenvalue weighted by Gasteiger charge is 2.33. The fraction of sp³-hybridized carbons (Fsp3) is 0.640. The molecule has 0 aromatic carbocycles. The first-order valence-electron chi connectivity index (χ1n) is 12.1. The molecule has 1 heterocycles. The first kappa shape index (κ1) is 31.8. The average Bonchev–Trinajstić information content (AvgIpc) is 2.81. The highest BCUT2D eigenvalue weighted by atomic mass is 32.1. The van der Waals surface area contributed by atoms with Crippen LogP contribution in [0.4, 0.5) is 0 Å². The van der Waals surface area contributed by atoms with Gasteiger partial charge < -0.3 is 20.7 Å². The topological polar surface area (TPSA) is 131 Å². The van der Waals surface area contributed by atoms with Crippen LogP contribution in [0.15, 0.2) is 23.9 Å². The van der Waals surface area contributed by atoms with E-state index in [-0.39, 0.29) is 41.9 Å². The Morgan fingerprint density at radius 2 is 1.61 bits per heavy atom. The molecule has 0 bridgehead atoms. The summed E-state index contributed by atoms with van der Waals surface area (Å²) in [5.74, 6) is -3.51. The van der Waals surface area contributed by atoms with E-state index in [1.165, 1.54) is 6.08 Å². The van der Waals surface area contributed by atoms with Crippen molar-refractivity contribution in [2.45, 2.75) is 72.1 Å². The number of allylic oxidation sites excluding steroid dienone is 2. The number of amides is 3. The van der Waals surface area contributed by atoms with Gasteiger partial charge in [-0.3, -0.25) is 19.2 Å². The number of hydrogen-bond acceptors (Lipinski definition) is 8. The normalized spacial score (nSPS) is 26.8. The number of esters is 1. The summed E-state index contributed by atoms with van der Waals surface area (Å²) in [5.41, 5.74) is -0.0521. The van der Waals surface area contributed by atoms with Gasteiger partial charge in [0.05, 0.1) is 18.4 Å². The molecule has 36 heavy (non-hydrogen) atoms. The van der Waals surface area contributed by atoms with Crippen molar-refractivity contribution in [3.8, 4) is 0 Å². The monoisotopic (exact) mass is 541 g/mol. The van der Waals surface area contributed by atoms with Crippen molar-refractivity contribution in [1.82, 2.24) is 16.0 Å². The molecule has 9 nitrogen and oxygen atoms in total. The summed E-state index contributed by atoms with van der Waals surface area (Å²) in [4.78, 5) is 64.7. The zero-order chi connectivity index (χ0) is 27.4. The van der Waals surface area contributed by atoms with E-state index in [0.29, 0.717) is 12.2 Å². The number of nitrogens with one attached hydrogen (secondary N) is 3. The number of ether oxygens (including phenoxy) is 1. The molecular formula is C25H39N3O6S2. The standard InChI is InChI=1S/C25H39N3O6S2/c1-6-18-24(32)28-22(15(4)5)25(33)34-17(9-7-8-10-35)12-20(30)27-21(14(2)3)19(29)11-16(13-36)23(31)26-18/h6-7,9,14-17,21-22,35-36H,8,10-13H2,1-5H3,(H,26,31)(H,27,30)(H,28,32)/b9-7+,18-6-/t16-,17+,21-,22+/m1/s1. The van der Waals surface area contributed by atoms with Crippen molar-refractivity contribution in [2.24, 2.45) is 17.8 Å². The fourth-order valence-electron chi connectivity index (χ4n) is 3.55. The number of carbonyl (C=O) groups is 5. The van der Waals surface area contributed by atoms with Crippen LogP contribution in [0.3, 0.4) is 0 Å². The smallest absolute Gasteiger partial charge is 0.329 e. The SMILES string of the molecule is C/C=C1\NC(=O)[C@@H](CS)CC(=O)[C@@H](C(C)C)NC(=O)C[C@H](/C=C/CCS)OC(=O)[C@H](C(C)C)NC1=O. The number of hydrogen-bond donors (Lipinski definition) is 5. The predicted molar refractivity (Wildman–Crippen MR) is 145 cm³/mol. The zero-order valence-corrected chi connectivity index (χ0v) is 23.4. The van der Waals surface area contributed by atoms with Gasteiger partial charge in [0.1, 0.15) is 17.8 Å². The third kappa shape index (κ3) is 10.0. The van der Waals surface area contributed by atoms with Crippen LogP contribution in [-0.2, 0) is 28.7 Å². The molecule has 3 amide bonds. The number of Topliss-reactive ketones (excluding diaryl/α,β-unsaturated/α-hetero) is 1. The van der Waals surface area contributed by atoms with Gasteiger partial charge in [0.25, 0.3) is 5.91 Å². The van der Waals surface area contributed by atoms with Crippen molar-refractivity contribution < 1.29 is 28.7 Å². The van der Waals surface area contributed by atoms with E-state index in [2.05, 4.69) is 41.2 Å². The number of cyclic esters (lactones) is 1. The molecule has 1 fully saturated rings. The molecule has 11 heteroatoms. The molecule has 0 unspecified atom stereocenters. The van der Waals surface area contributed by atoms with E-state index in [1.807, 2.05) is 0 Å². The maximum atomic E-state index is 13.1. The quantitative estimate of drug-likeness (QED) is 0.151. The van der Waals surface area contributed by atoms with Crippen LogP contribution in [0.25, 0.3) is 0 Å². The minimum atomic E-state index is -1.02. The van der Waals surface area contributed by atoms with Gasteiger partial charge in [-0.2, -0.15) is 25.3 Å². The second-order valence-corrected chi connectivity index (χ2v) is 10.2. The molecule has 1 saturated heterocycles. The van der Waals surface area contributed by atoms with Gasteiger partial charge in [-0.1, -0.05) is 39.8 Å². The molecule has 202 valence electrons. The second kappa shape index (κ2) is 15.8. The lowest BCUT2D eigenvalue weighted by Gasteiger charge is -2.27. The summed E-state index contributed by atoms with van der Waals surface area (Å²) < 4.78 is 5.61. The van der Waals surface area contributed by atoms with E-state index >= 15 is 0 Å². The Bertz CT molecular complexity index is 872. The van der Waals surface area contributed by atoms with E-state index in [9.17, 15) is 24.0 Å². The molecule has 3 N–H and O–H groups in total. The average molecular weight is 542 g/mol. The summed E-state index contributed by atoms with van der Waals surface area (Å²) in [6, 6.07) is -1.86. The zero-order valence-electron chi connectivity index (χ0n) is 21.6. The second-order valence-electron chi connectivity index (χ2n) is 9.35. The highest BCUT2D eigenvalue weighted by Crippen LogP contribution is 2.16. The Morgan fingerprint density at radius 3 is 2.14 bits per heavy atom. The summed E-state index contributed by atoms with van der Waals surface area (Å²) in [6.45, 7) is 8.64. The fourth-order valence-corrected chi connectivity index (χ4v) is 3.99. The van der Waals surface area contributed by atoms with Gasteiger partial charge in [-0.05, 0) is 37.0 Å². The summed E-state index contributed by atoms with van der Waals surface area (Å²) in [6.07, 6.45) is 4.11. The molecule has 4 atom stereocenters. The van der Waals surface area contributed by atoms with E-state index in [1.54, 1.807) is 46.8 Å². The molecule has 0 aliphatic carbocycles. The minimum Gasteiger partial charge on any atom is -0.456 e. The lowest BCUT2D eigenvalue weighted by molar-refractivity contribution is -0.153. The van der Waals surface area contributed by atoms with Crippen molar-refractivity contribution in [3.05, 3.63) is 23.9 Å². The molecular weight excluding hydrogens is 502 g/mol. The largest absolute Gasteiger partial charge is 0.456 e. The van der Waals surface area contributed by atoms with Gasteiger partial charge in [0.15, 0.2) is 5.78 Å². The number of rotatable bonds is 6. The molecule has 0 aromatic rings. The van der Waals surface area contributed by atoms with Gasteiger partial charge in [-0.15, -0.1) is 0 Å². The predicted octanol–water partition coefficient (Wildman–Crippen LogP) is 1.98. The highest BCUT2D eigenvalue weighted by molar-refractivity contribution is 7.80. The Hall–Kier alpha value is -2.27. The van der Waals surface area contributed by atoms with Crippen molar-refractivity contribution in [2.75, 3.05) is 11.5 Å². The maximum Gasteiger partial charge on any atom is 0.329 e. The minimum absolute atomic E-state index is 0.0521. The van der Waals surface area contributed by atoms with E-state index in [4.69, 9.17) is 4.74 Å². The number of ketones is 1. The Labute approximate surface area is 224 Å². The number of thiol groups is 2. The van der Waals surface area contributed by atoms with Crippen molar-refractivity contribution in [3.63, 3.8) is 0 Å². The van der Waals surface area contributed by atoms with Crippen LogP contribution in [0.5, 0.6) is 0 Å². The molecule has 1 aliphatic heterocycles. The lowest BCUT2D eigenvalue weighted by Crippen LogP contribution is -2.50. The molecule has 0 radical (unpaired) electrons. The van der Waals surface area contributed by atoms with Crippen molar-refractivity contribution >= 4 is 54.7 Å². The summed E-state index contributed by atoms with van der Waals surface area (Å²) >= 11 is 8.38. The van der Waals surface area contributed by atoms with Crippen LogP contribution in [0.2, 0.25) is 0 Å². The first-order chi connectivity index (χ1) is 16.9. The summed E-state index contributed by atoms with van der Waals surface area (Å²) in [5, 5.41) is 7.89. The molecule has 1 rings (SSSR count). The third-order valence-corrected chi connectivity index (χ3v) is 6.37. The van der Waals surface area contributed by atoms with E-state index < -0.39 is 47.8 Å². The van der Waals surface area contributed by atoms with Gasteiger partial charge in [-0.25, -0.2) is 4.79 Å². The first-order valence-corrected chi connectivity index (χ1v) is 13.4. The van der Waals surface area contributed by atoms with Gasteiger partial charge in [0.2, 0.25) is 11.8 Å². The third-order valence-electron chi connectivity index (χ3n) is 5.67. The van der Waals surface area contributed by atoms with Gasteiger partial charge in [0, 0.05) is 12.2 Å². The van der Waals surface area contributed by atoms with Crippen LogP contribution < -0.4 is 16.0 Å². The van der Waals surface area contributed by atoms with Gasteiger partial charge >= 0.3 is 5.97 Å². The van der Waals surface area contributed by atoms with Crippen LogP contribution in [0.1, 0.15) is 53.9 Å². The maximum absolute atomic E-state index is 13.1. The van der Waals surface area contributed by atoms with Crippen LogP contribution in [0, 0.1) is 17.8 Å². The molecule has 0 saturated carbocycles. The van der Waals surface area contributed by atoms with Crippen LogP contribution in [-0.4, -0.2) is 59.2 Å². The van der Waals surface area contributed by atoms with Crippen molar-refractivity contribution in [1.29, 1.82) is 0 Å². The Kier molecular flexibility index (Phi) is 13.9. The Morgan fingerprint density at radius 1 is 0.972 bits per heavy atom. The molecule has 0 spiro atoms.